The molecule has 1 heterocycles. The molecule has 1 aliphatic rings. The summed E-state index contributed by atoms with van der Waals surface area (Å²) >= 11 is 12.1. The quantitative estimate of drug-likeness (QED) is 0.753. The van der Waals surface area contributed by atoms with Crippen molar-refractivity contribution in [2.75, 3.05) is 4.90 Å². The van der Waals surface area contributed by atoms with Gasteiger partial charge in [0.05, 0.1) is 16.3 Å². The molecule has 0 saturated heterocycles. The summed E-state index contributed by atoms with van der Waals surface area (Å²) < 4.78 is 5.45. The Morgan fingerprint density at radius 1 is 1.22 bits per heavy atom. The maximum absolute atomic E-state index is 13.1. The monoisotopic (exact) mass is 404 g/mol. The first kappa shape index (κ1) is 19.3. The number of benzene rings is 1. The SMILES string of the molecule is C#CC(=O)N(c1ccc(Cl)c(Cl)c1)C(C(=O)NC1CCCC1)c1ccco1. The van der Waals surface area contributed by atoms with Gasteiger partial charge in [-0.25, -0.2) is 0 Å². The van der Waals surface area contributed by atoms with E-state index in [0.29, 0.717) is 16.5 Å². The molecular weight excluding hydrogens is 387 g/mol. The molecule has 1 N–H and O–H groups in total. The predicted octanol–water partition coefficient (Wildman–Crippen LogP) is 4.35. The lowest BCUT2D eigenvalue weighted by Gasteiger charge is -2.29. The first-order valence-electron chi connectivity index (χ1n) is 8.60. The third kappa shape index (κ3) is 4.29. The van der Waals surface area contributed by atoms with Crippen LogP contribution in [-0.4, -0.2) is 17.9 Å². The predicted molar refractivity (Wildman–Crippen MR) is 105 cm³/mol. The van der Waals surface area contributed by atoms with Gasteiger partial charge >= 0.3 is 5.91 Å². The molecule has 2 amide bonds. The number of rotatable bonds is 5. The van der Waals surface area contributed by atoms with E-state index >= 15 is 0 Å². The Bertz CT molecular complexity index is 868. The number of carbonyl (C=O) groups is 2. The first-order chi connectivity index (χ1) is 13.0. The highest BCUT2D eigenvalue weighted by Gasteiger charge is 2.35. The summed E-state index contributed by atoms with van der Waals surface area (Å²) in [4.78, 5) is 26.9. The largest absolute Gasteiger partial charge is 0.467 e. The summed E-state index contributed by atoms with van der Waals surface area (Å²) in [7, 11) is 0. The van der Waals surface area contributed by atoms with Crippen LogP contribution in [0, 0.1) is 12.3 Å². The molecule has 1 atom stereocenters. The Morgan fingerprint density at radius 2 is 1.96 bits per heavy atom. The van der Waals surface area contributed by atoms with Gasteiger partial charge in [0, 0.05) is 11.7 Å². The minimum absolute atomic E-state index is 0.0755. The van der Waals surface area contributed by atoms with Crippen molar-refractivity contribution in [3.8, 4) is 12.3 Å². The number of amides is 2. The molecule has 1 aliphatic carbocycles. The zero-order valence-corrected chi connectivity index (χ0v) is 16.0. The van der Waals surface area contributed by atoms with E-state index in [0.717, 1.165) is 25.7 Å². The van der Waals surface area contributed by atoms with Crippen molar-refractivity contribution in [2.24, 2.45) is 0 Å². The van der Waals surface area contributed by atoms with Gasteiger partial charge in [-0.3, -0.25) is 14.5 Å². The zero-order valence-electron chi connectivity index (χ0n) is 14.5. The van der Waals surface area contributed by atoms with E-state index in [9.17, 15) is 9.59 Å². The molecule has 1 aromatic heterocycles. The van der Waals surface area contributed by atoms with E-state index < -0.39 is 11.9 Å². The van der Waals surface area contributed by atoms with Crippen molar-refractivity contribution in [3.05, 3.63) is 52.4 Å². The number of furan rings is 1. The van der Waals surface area contributed by atoms with Crippen molar-refractivity contribution in [1.29, 1.82) is 0 Å². The second-order valence-corrected chi connectivity index (χ2v) is 7.14. The smallest absolute Gasteiger partial charge is 0.303 e. The van der Waals surface area contributed by atoms with Crippen LogP contribution in [0.15, 0.2) is 41.0 Å². The number of hydrogen-bond acceptors (Lipinski definition) is 3. The van der Waals surface area contributed by atoms with Crippen LogP contribution in [0.3, 0.4) is 0 Å². The van der Waals surface area contributed by atoms with Gasteiger partial charge in [0.15, 0.2) is 6.04 Å². The number of terminal acetylenes is 1. The van der Waals surface area contributed by atoms with Crippen molar-refractivity contribution in [2.45, 2.75) is 37.8 Å². The summed E-state index contributed by atoms with van der Waals surface area (Å²) in [6.45, 7) is 0. The van der Waals surface area contributed by atoms with Crippen LogP contribution in [0.1, 0.15) is 37.5 Å². The molecule has 1 saturated carbocycles. The summed E-state index contributed by atoms with van der Waals surface area (Å²) in [6, 6.07) is 6.93. The van der Waals surface area contributed by atoms with Crippen molar-refractivity contribution in [1.82, 2.24) is 5.32 Å². The van der Waals surface area contributed by atoms with E-state index in [2.05, 4.69) is 11.2 Å². The van der Waals surface area contributed by atoms with Gasteiger partial charge < -0.3 is 9.73 Å². The molecule has 27 heavy (non-hydrogen) atoms. The molecule has 1 unspecified atom stereocenters. The van der Waals surface area contributed by atoms with E-state index in [1.54, 1.807) is 24.3 Å². The van der Waals surface area contributed by atoms with E-state index in [4.69, 9.17) is 34.0 Å². The molecule has 0 aliphatic heterocycles. The van der Waals surface area contributed by atoms with Crippen LogP contribution in [0.5, 0.6) is 0 Å². The molecule has 0 bridgehead atoms. The number of halogens is 2. The van der Waals surface area contributed by atoms with E-state index in [-0.39, 0.29) is 17.0 Å². The summed E-state index contributed by atoms with van der Waals surface area (Å²) in [6.07, 6.45) is 10.8. The van der Waals surface area contributed by atoms with E-state index in [1.807, 2.05) is 0 Å². The van der Waals surface area contributed by atoms with Crippen LogP contribution in [0.2, 0.25) is 10.0 Å². The van der Waals surface area contributed by atoms with Gasteiger partial charge in [-0.1, -0.05) is 36.0 Å². The average Bonchev–Trinajstić information content (AvgIpc) is 3.35. The Kier molecular flexibility index (Phi) is 6.10. The maximum atomic E-state index is 13.1. The third-order valence-electron chi connectivity index (χ3n) is 4.54. The first-order valence-corrected chi connectivity index (χ1v) is 9.35. The minimum atomic E-state index is -1.05. The molecular formula is C20H18Cl2N2O3. The van der Waals surface area contributed by atoms with Crippen molar-refractivity contribution < 1.29 is 14.0 Å². The molecule has 7 heteroatoms. The average molecular weight is 405 g/mol. The van der Waals surface area contributed by atoms with Crippen molar-refractivity contribution >= 4 is 40.7 Å². The number of nitrogens with zero attached hydrogens (tertiary/aromatic N) is 1. The number of carbonyl (C=O) groups excluding carboxylic acids is 2. The summed E-state index contributed by atoms with van der Waals surface area (Å²) in [5.41, 5.74) is 0.357. The summed E-state index contributed by atoms with van der Waals surface area (Å²) in [5, 5.41) is 3.58. The van der Waals surface area contributed by atoms with Gasteiger partial charge in [0.25, 0.3) is 5.91 Å². The molecule has 3 rings (SSSR count). The lowest BCUT2D eigenvalue weighted by Crippen LogP contribution is -2.46. The lowest BCUT2D eigenvalue weighted by atomic mass is 10.1. The molecule has 5 nitrogen and oxygen atoms in total. The summed E-state index contributed by atoms with van der Waals surface area (Å²) in [5.74, 6) is 1.34. The van der Waals surface area contributed by atoms with Crippen LogP contribution in [-0.2, 0) is 9.59 Å². The van der Waals surface area contributed by atoms with Crippen LogP contribution in [0.4, 0.5) is 5.69 Å². The van der Waals surface area contributed by atoms with Gasteiger partial charge in [0.1, 0.15) is 5.76 Å². The van der Waals surface area contributed by atoms with Gasteiger partial charge in [-0.2, -0.15) is 0 Å². The fourth-order valence-electron chi connectivity index (χ4n) is 3.26. The molecule has 1 aromatic carbocycles. The second kappa shape index (κ2) is 8.51. The third-order valence-corrected chi connectivity index (χ3v) is 5.28. The Morgan fingerprint density at radius 3 is 2.56 bits per heavy atom. The normalized spacial score (nSPS) is 15.1. The van der Waals surface area contributed by atoms with Gasteiger partial charge in [-0.15, -0.1) is 6.42 Å². The highest BCUT2D eigenvalue weighted by molar-refractivity contribution is 6.42. The fourth-order valence-corrected chi connectivity index (χ4v) is 3.55. The minimum Gasteiger partial charge on any atom is -0.467 e. The molecule has 2 aromatic rings. The van der Waals surface area contributed by atoms with Crippen LogP contribution < -0.4 is 10.2 Å². The highest BCUT2D eigenvalue weighted by atomic mass is 35.5. The lowest BCUT2D eigenvalue weighted by molar-refractivity contribution is -0.126. The molecule has 140 valence electrons. The van der Waals surface area contributed by atoms with Crippen molar-refractivity contribution in [3.63, 3.8) is 0 Å². The van der Waals surface area contributed by atoms with Crippen LogP contribution >= 0.6 is 23.2 Å². The fraction of sp³-hybridized carbons (Fsp3) is 0.300. The zero-order chi connectivity index (χ0) is 19.4. The van der Waals surface area contributed by atoms with Crippen LogP contribution in [0.25, 0.3) is 0 Å². The Labute approximate surface area is 167 Å². The van der Waals surface area contributed by atoms with Gasteiger partial charge in [-0.05, 0) is 49.1 Å². The maximum Gasteiger partial charge on any atom is 0.303 e. The molecule has 0 radical (unpaired) electrons. The van der Waals surface area contributed by atoms with E-state index in [1.165, 1.54) is 17.2 Å². The second-order valence-electron chi connectivity index (χ2n) is 6.33. The highest BCUT2D eigenvalue weighted by Crippen LogP contribution is 2.33. The molecule has 0 spiro atoms. The number of nitrogens with one attached hydrogen (secondary N) is 1. The Balaban J connectivity index is 2.02. The van der Waals surface area contributed by atoms with Gasteiger partial charge in [0.2, 0.25) is 0 Å². The number of hydrogen-bond donors (Lipinski definition) is 1. The number of anilines is 1. The molecule has 1 fully saturated rings. The Hall–Kier alpha value is -2.42. The topological polar surface area (TPSA) is 62.6 Å². The standard InChI is InChI=1S/C20H18Cl2N2O3/c1-2-18(25)24(14-9-10-15(21)16(22)12-14)19(17-8-5-11-27-17)20(26)23-13-6-3-4-7-13/h1,5,8-13,19H,3-4,6-7H2,(H,23,26).